The van der Waals surface area contributed by atoms with Crippen molar-refractivity contribution in [2.75, 3.05) is 0 Å². The topological polar surface area (TPSA) is 21.6 Å². The Hall–Kier alpha value is -1.24. The van der Waals surface area contributed by atoms with Crippen LogP contribution < -0.4 is 4.74 Å². The first-order valence-corrected chi connectivity index (χ1v) is 6.59. The summed E-state index contributed by atoms with van der Waals surface area (Å²) in [5, 5.41) is 0. The molecule has 0 bridgehead atoms. The second-order valence-corrected chi connectivity index (χ2v) is 5.11. The van der Waals surface area contributed by atoms with Gasteiger partial charge in [-0.3, -0.25) is 4.99 Å². The Labute approximate surface area is 125 Å². The zero-order valence-electron chi connectivity index (χ0n) is 10.7. The molecule has 0 amide bonds. The maximum absolute atomic E-state index is 12.8. The number of rotatable bonds is 5. The fourth-order valence-electron chi connectivity index (χ4n) is 1.52. The van der Waals surface area contributed by atoms with Gasteiger partial charge < -0.3 is 4.74 Å². The largest absolute Gasteiger partial charge is 0.451 e. The molecular weight excluding hydrogens is 363 g/mol. The lowest BCUT2D eigenvalue weighted by molar-refractivity contribution is -0.0691. The van der Waals surface area contributed by atoms with Gasteiger partial charge in [-0.25, -0.2) is 0 Å². The SMILES string of the molecule is C=CN=C(C)/C=C(\C)c1cccc(OC(F)(F)I)c1. The number of halogens is 3. The van der Waals surface area contributed by atoms with Gasteiger partial charge in [-0.05, 0) is 43.2 Å². The molecular formula is C14H14F2INO. The van der Waals surface area contributed by atoms with E-state index in [2.05, 4.69) is 16.3 Å². The Bertz CT molecular complexity index is 518. The molecule has 5 heteroatoms. The van der Waals surface area contributed by atoms with E-state index in [1.165, 1.54) is 12.3 Å². The molecule has 2 nitrogen and oxygen atoms in total. The quantitative estimate of drug-likeness (QED) is 0.400. The van der Waals surface area contributed by atoms with Gasteiger partial charge in [-0.15, -0.1) is 0 Å². The molecule has 0 spiro atoms. The molecule has 0 fully saturated rings. The van der Waals surface area contributed by atoms with Gasteiger partial charge in [-0.1, -0.05) is 18.7 Å². The summed E-state index contributed by atoms with van der Waals surface area (Å²) >= 11 is 0.940. The fraction of sp³-hybridized carbons (Fsp3) is 0.214. The van der Waals surface area contributed by atoms with E-state index in [1.54, 1.807) is 12.1 Å². The van der Waals surface area contributed by atoms with Crippen molar-refractivity contribution < 1.29 is 13.5 Å². The summed E-state index contributed by atoms with van der Waals surface area (Å²) in [7, 11) is 0. The third kappa shape index (κ3) is 5.96. The van der Waals surface area contributed by atoms with Gasteiger partial charge in [0.15, 0.2) is 0 Å². The van der Waals surface area contributed by atoms with Crippen molar-refractivity contribution >= 4 is 33.9 Å². The molecule has 0 N–H and O–H groups in total. The van der Waals surface area contributed by atoms with E-state index in [0.717, 1.165) is 39.4 Å². The van der Waals surface area contributed by atoms with E-state index < -0.39 is 4.12 Å². The lowest BCUT2D eigenvalue weighted by Gasteiger charge is -2.12. The van der Waals surface area contributed by atoms with Crippen LogP contribution in [-0.2, 0) is 0 Å². The predicted molar refractivity (Wildman–Crippen MR) is 83.0 cm³/mol. The number of alkyl halides is 3. The van der Waals surface area contributed by atoms with Crippen LogP contribution in [0.4, 0.5) is 8.78 Å². The molecule has 0 aliphatic heterocycles. The van der Waals surface area contributed by atoms with Crippen LogP contribution in [0.15, 0.2) is 48.1 Å². The van der Waals surface area contributed by atoms with Crippen LogP contribution >= 0.6 is 22.6 Å². The number of benzene rings is 1. The van der Waals surface area contributed by atoms with Gasteiger partial charge in [0.25, 0.3) is 0 Å². The summed E-state index contributed by atoms with van der Waals surface area (Å²) < 4.78 is 26.9. The molecule has 1 rings (SSSR count). The van der Waals surface area contributed by atoms with Crippen LogP contribution in [0.1, 0.15) is 19.4 Å². The van der Waals surface area contributed by atoms with E-state index >= 15 is 0 Å². The van der Waals surface area contributed by atoms with Gasteiger partial charge in [0, 0.05) is 11.9 Å². The number of hydrogen-bond acceptors (Lipinski definition) is 2. The first-order chi connectivity index (χ1) is 8.81. The fourth-order valence-corrected chi connectivity index (χ4v) is 1.77. The molecule has 1 aromatic carbocycles. The molecule has 0 unspecified atom stereocenters. The number of hydrogen-bond donors (Lipinski definition) is 0. The summed E-state index contributed by atoms with van der Waals surface area (Å²) in [6.07, 6.45) is 3.30. The highest BCUT2D eigenvalue weighted by Gasteiger charge is 2.26. The highest BCUT2D eigenvalue weighted by molar-refractivity contribution is 14.1. The standard InChI is InChI=1S/C14H14F2INO/c1-4-18-11(3)8-10(2)12-6-5-7-13(9-12)19-14(15,16)17/h4-9H,1H2,2-3H3/b10-8+,18-11?. The average Bonchev–Trinajstić information content (AvgIpc) is 2.27. The maximum Gasteiger partial charge on any atom is 0.451 e. The summed E-state index contributed by atoms with van der Waals surface area (Å²) in [6.45, 7) is 7.23. The Morgan fingerprint density at radius 1 is 1.42 bits per heavy atom. The molecule has 0 aliphatic carbocycles. The molecule has 0 saturated carbocycles. The van der Waals surface area contributed by atoms with Crippen molar-refractivity contribution in [1.82, 2.24) is 0 Å². The Balaban J connectivity index is 2.99. The Morgan fingerprint density at radius 3 is 2.68 bits per heavy atom. The van der Waals surface area contributed by atoms with Crippen molar-refractivity contribution in [2.45, 2.75) is 18.0 Å². The molecule has 102 valence electrons. The van der Waals surface area contributed by atoms with Crippen molar-refractivity contribution in [3.8, 4) is 5.75 Å². The third-order valence-corrected chi connectivity index (χ3v) is 2.46. The number of allylic oxidation sites excluding steroid dienone is 2. The minimum absolute atomic E-state index is 0.128. The van der Waals surface area contributed by atoms with Crippen LogP contribution in [0.25, 0.3) is 5.57 Å². The first kappa shape index (κ1) is 15.8. The second kappa shape index (κ2) is 6.79. The molecule has 0 saturated heterocycles. The van der Waals surface area contributed by atoms with Crippen LogP contribution in [-0.4, -0.2) is 9.83 Å². The third-order valence-electron chi connectivity index (χ3n) is 2.24. The maximum atomic E-state index is 12.8. The normalized spacial score (nSPS) is 13.3. The molecule has 0 radical (unpaired) electrons. The van der Waals surface area contributed by atoms with Crippen LogP contribution in [0.5, 0.6) is 5.75 Å². The van der Waals surface area contributed by atoms with E-state index in [-0.39, 0.29) is 5.75 Å². The van der Waals surface area contributed by atoms with Crippen molar-refractivity contribution in [2.24, 2.45) is 4.99 Å². The predicted octanol–water partition coefficient (Wildman–Crippen LogP) is 5.06. The average molecular weight is 377 g/mol. The molecule has 0 atom stereocenters. The minimum atomic E-state index is -3.21. The molecule has 1 aromatic rings. The monoisotopic (exact) mass is 377 g/mol. The van der Waals surface area contributed by atoms with E-state index in [4.69, 9.17) is 0 Å². The van der Waals surface area contributed by atoms with E-state index in [9.17, 15) is 8.78 Å². The zero-order valence-corrected chi connectivity index (χ0v) is 12.8. The first-order valence-electron chi connectivity index (χ1n) is 5.51. The summed E-state index contributed by atoms with van der Waals surface area (Å²) in [5.41, 5.74) is 2.50. The second-order valence-electron chi connectivity index (χ2n) is 3.86. The lowest BCUT2D eigenvalue weighted by Crippen LogP contribution is -2.14. The van der Waals surface area contributed by atoms with Gasteiger partial charge >= 0.3 is 4.12 Å². The van der Waals surface area contributed by atoms with Crippen LogP contribution in [0, 0.1) is 0 Å². The summed E-state index contributed by atoms with van der Waals surface area (Å²) in [4.78, 5) is 4.02. The van der Waals surface area contributed by atoms with Gasteiger partial charge in [0.1, 0.15) is 5.75 Å². The Morgan fingerprint density at radius 2 is 2.11 bits per heavy atom. The molecule has 0 aliphatic rings. The Kier molecular flexibility index (Phi) is 5.65. The van der Waals surface area contributed by atoms with Gasteiger partial charge in [0.05, 0.1) is 22.6 Å². The highest BCUT2D eigenvalue weighted by Crippen LogP contribution is 2.29. The molecule has 0 aromatic heterocycles. The zero-order chi connectivity index (χ0) is 14.5. The van der Waals surface area contributed by atoms with Crippen molar-refractivity contribution in [3.63, 3.8) is 0 Å². The van der Waals surface area contributed by atoms with Gasteiger partial charge in [-0.2, -0.15) is 8.78 Å². The number of aliphatic imine (C=N–C) groups is 1. The smallest absolute Gasteiger partial charge is 0.425 e. The summed E-state index contributed by atoms with van der Waals surface area (Å²) in [6, 6.07) is 6.56. The van der Waals surface area contributed by atoms with Crippen LogP contribution in [0.2, 0.25) is 0 Å². The molecule has 0 heterocycles. The minimum Gasteiger partial charge on any atom is -0.425 e. The number of ether oxygens (including phenoxy) is 1. The molecule has 19 heavy (non-hydrogen) atoms. The number of nitrogens with zero attached hydrogens (tertiary/aromatic N) is 1. The van der Waals surface area contributed by atoms with Crippen molar-refractivity contribution in [1.29, 1.82) is 0 Å². The highest BCUT2D eigenvalue weighted by atomic mass is 127. The van der Waals surface area contributed by atoms with Crippen molar-refractivity contribution in [3.05, 3.63) is 48.7 Å². The van der Waals surface area contributed by atoms with Gasteiger partial charge in [0.2, 0.25) is 0 Å². The van der Waals surface area contributed by atoms with E-state index in [0.29, 0.717) is 0 Å². The summed E-state index contributed by atoms with van der Waals surface area (Å²) in [5.74, 6) is 0.128. The lowest BCUT2D eigenvalue weighted by atomic mass is 10.1. The van der Waals surface area contributed by atoms with E-state index in [1.807, 2.05) is 26.0 Å². The van der Waals surface area contributed by atoms with Crippen LogP contribution in [0.3, 0.4) is 0 Å².